The first-order valence-electron chi connectivity index (χ1n) is 7.71. The number of carbonyl (C=O) groups is 1. The van der Waals surface area contributed by atoms with Gasteiger partial charge in [-0.1, -0.05) is 12.1 Å². The Kier molecular flexibility index (Phi) is 7.45. The van der Waals surface area contributed by atoms with Gasteiger partial charge in [0, 0.05) is 24.7 Å². The normalized spacial score (nSPS) is 13.5. The lowest BCUT2D eigenvalue weighted by Gasteiger charge is -2.27. The summed E-state index contributed by atoms with van der Waals surface area (Å²) in [6.45, 7) is 5.69. The Hall–Kier alpha value is -1.66. The zero-order chi connectivity index (χ0) is 16.1. The first-order valence-corrected chi connectivity index (χ1v) is 7.71. The molecule has 0 radical (unpaired) electrons. The van der Waals surface area contributed by atoms with Crippen molar-refractivity contribution in [2.75, 3.05) is 13.1 Å². The van der Waals surface area contributed by atoms with Gasteiger partial charge in [0.25, 0.3) is 5.69 Å². The van der Waals surface area contributed by atoms with Crippen molar-refractivity contribution in [1.29, 1.82) is 0 Å². The molecule has 0 unspecified atom stereocenters. The lowest BCUT2D eigenvalue weighted by Crippen LogP contribution is -2.42. The number of nitrogens with one attached hydrogen (secondary N) is 1. The van der Waals surface area contributed by atoms with Crippen LogP contribution in [0.1, 0.15) is 32.3 Å². The van der Waals surface area contributed by atoms with Crippen molar-refractivity contribution < 1.29 is 9.72 Å². The first-order chi connectivity index (χ1) is 10.5. The molecule has 0 aromatic heterocycles. The van der Waals surface area contributed by atoms with Crippen LogP contribution in [-0.4, -0.2) is 34.9 Å². The number of nitro groups is 1. The van der Waals surface area contributed by atoms with Gasteiger partial charge in [-0.2, -0.15) is 0 Å². The van der Waals surface area contributed by atoms with Gasteiger partial charge in [0.05, 0.1) is 11.5 Å². The molecule has 1 aliphatic rings. The Bertz CT molecular complexity index is 530. The topological polar surface area (TPSA) is 75.5 Å². The van der Waals surface area contributed by atoms with Gasteiger partial charge in [-0.05, 0) is 44.7 Å². The third-order valence-corrected chi connectivity index (χ3v) is 3.85. The van der Waals surface area contributed by atoms with Crippen LogP contribution in [0.5, 0.6) is 0 Å². The molecular weight excluding hydrogens is 318 g/mol. The van der Waals surface area contributed by atoms with Gasteiger partial charge < -0.3 is 10.2 Å². The van der Waals surface area contributed by atoms with Crippen molar-refractivity contribution in [3.8, 4) is 0 Å². The number of halogens is 1. The summed E-state index contributed by atoms with van der Waals surface area (Å²) in [4.78, 5) is 24.4. The fraction of sp³-hybridized carbons (Fsp3) is 0.562. The van der Waals surface area contributed by atoms with Crippen molar-refractivity contribution >= 4 is 24.0 Å². The van der Waals surface area contributed by atoms with Gasteiger partial charge in [-0.3, -0.25) is 14.9 Å². The molecule has 0 saturated heterocycles. The Morgan fingerprint density at radius 3 is 2.43 bits per heavy atom. The van der Waals surface area contributed by atoms with Crippen LogP contribution in [0.4, 0.5) is 5.69 Å². The van der Waals surface area contributed by atoms with E-state index in [1.54, 1.807) is 17.0 Å². The van der Waals surface area contributed by atoms with Crippen LogP contribution >= 0.6 is 12.4 Å². The second-order valence-corrected chi connectivity index (χ2v) is 6.11. The molecule has 6 nitrogen and oxygen atoms in total. The van der Waals surface area contributed by atoms with Crippen molar-refractivity contribution in [1.82, 2.24) is 10.2 Å². The minimum atomic E-state index is -0.420. The highest BCUT2D eigenvalue weighted by molar-refractivity contribution is 5.85. The van der Waals surface area contributed by atoms with Gasteiger partial charge in [0.15, 0.2) is 0 Å². The third kappa shape index (κ3) is 6.15. The molecule has 23 heavy (non-hydrogen) atoms. The largest absolute Gasteiger partial charge is 0.335 e. The van der Waals surface area contributed by atoms with E-state index >= 15 is 0 Å². The summed E-state index contributed by atoms with van der Waals surface area (Å²) in [6.07, 6.45) is 2.52. The summed E-state index contributed by atoms with van der Waals surface area (Å²) in [7, 11) is 0. The standard InChI is InChI=1S/C16H23N3O3.ClH/c1-12(2)18(16(20)10-17-9-13-3-4-13)11-14-5-7-15(8-6-14)19(21)22;/h5-8,12-13,17H,3-4,9-11H2,1-2H3;1H. The Morgan fingerprint density at radius 1 is 1.35 bits per heavy atom. The van der Waals surface area contributed by atoms with Crippen LogP contribution in [0.2, 0.25) is 0 Å². The van der Waals surface area contributed by atoms with E-state index in [0.29, 0.717) is 13.1 Å². The number of amides is 1. The molecule has 0 spiro atoms. The number of hydrogen-bond donors (Lipinski definition) is 1. The molecule has 1 aromatic rings. The Labute approximate surface area is 142 Å². The zero-order valence-electron chi connectivity index (χ0n) is 13.5. The summed E-state index contributed by atoms with van der Waals surface area (Å²) in [5.74, 6) is 0.809. The second-order valence-electron chi connectivity index (χ2n) is 6.11. The van der Waals surface area contributed by atoms with Crippen molar-refractivity contribution in [2.45, 2.75) is 39.3 Å². The van der Waals surface area contributed by atoms with E-state index in [1.807, 2.05) is 13.8 Å². The van der Waals surface area contributed by atoms with Gasteiger partial charge in [-0.15, -0.1) is 12.4 Å². The first kappa shape index (κ1) is 19.4. The van der Waals surface area contributed by atoms with Gasteiger partial charge in [0.1, 0.15) is 0 Å². The summed E-state index contributed by atoms with van der Waals surface area (Å²) in [5.41, 5.74) is 0.965. The van der Waals surface area contributed by atoms with Gasteiger partial charge >= 0.3 is 0 Å². The van der Waals surface area contributed by atoms with Crippen LogP contribution in [0.3, 0.4) is 0 Å². The molecule has 0 bridgehead atoms. The fourth-order valence-corrected chi connectivity index (χ4v) is 2.29. The maximum absolute atomic E-state index is 12.3. The average Bonchev–Trinajstić information content (AvgIpc) is 3.29. The van der Waals surface area contributed by atoms with E-state index in [-0.39, 0.29) is 30.0 Å². The SMILES string of the molecule is CC(C)N(Cc1ccc([N+](=O)[O-])cc1)C(=O)CNCC1CC1.Cl. The number of rotatable bonds is 8. The average molecular weight is 342 g/mol. The highest BCUT2D eigenvalue weighted by Gasteiger charge is 2.22. The Morgan fingerprint density at radius 2 is 1.96 bits per heavy atom. The van der Waals surface area contributed by atoms with Crippen molar-refractivity contribution in [2.24, 2.45) is 5.92 Å². The second kappa shape index (κ2) is 8.84. The summed E-state index contributed by atoms with van der Waals surface area (Å²) in [5, 5.41) is 13.9. The predicted molar refractivity (Wildman–Crippen MR) is 91.6 cm³/mol. The van der Waals surface area contributed by atoms with Crippen LogP contribution in [-0.2, 0) is 11.3 Å². The minimum Gasteiger partial charge on any atom is -0.335 e. The minimum absolute atomic E-state index is 0. The number of hydrogen-bond acceptors (Lipinski definition) is 4. The molecule has 1 N–H and O–H groups in total. The van der Waals surface area contributed by atoms with Crippen LogP contribution in [0.15, 0.2) is 24.3 Å². The molecule has 1 saturated carbocycles. The molecule has 7 heteroatoms. The molecule has 2 rings (SSSR count). The fourth-order valence-electron chi connectivity index (χ4n) is 2.29. The van der Waals surface area contributed by atoms with E-state index in [9.17, 15) is 14.9 Å². The quantitative estimate of drug-likeness (QED) is 0.582. The number of benzene rings is 1. The van der Waals surface area contributed by atoms with E-state index < -0.39 is 4.92 Å². The van der Waals surface area contributed by atoms with Crippen molar-refractivity contribution in [3.63, 3.8) is 0 Å². The van der Waals surface area contributed by atoms with Crippen LogP contribution < -0.4 is 5.32 Å². The maximum Gasteiger partial charge on any atom is 0.269 e. The predicted octanol–water partition coefficient (Wildman–Crippen LogP) is 2.75. The summed E-state index contributed by atoms with van der Waals surface area (Å²) in [6, 6.07) is 6.45. The van der Waals surface area contributed by atoms with Crippen LogP contribution in [0, 0.1) is 16.0 Å². The number of nitro benzene ring substituents is 1. The molecule has 0 heterocycles. The van der Waals surface area contributed by atoms with E-state index in [2.05, 4.69) is 5.32 Å². The monoisotopic (exact) mass is 341 g/mol. The lowest BCUT2D eigenvalue weighted by atomic mass is 10.1. The van der Waals surface area contributed by atoms with Crippen molar-refractivity contribution in [3.05, 3.63) is 39.9 Å². The Balaban J connectivity index is 0.00000264. The summed E-state index contributed by atoms with van der Waals surface area (Å²) < 4.78 is 0. The van der Waals surface area contributed by atoms with Gasteiger partial charge in [0.2, 0.25) is 5.91 Å². The molecule has 128 valence electrons. The third-order valence-electron chi connectivity index (χ3n) is 3.85. The smallest absolute Gasteiger partial charge is 0.269 e. The maximum atomic E-state index is 12.3. The molecule has 1 fully saturated rings. The lowest BCUT2D eigenvalue weighted by molar-refractivity contribution is -0.384. The molecule has 1 aliphatic carbocycles. The molecule has 0 atom stereocenters. The number of carbonyl (C=O) groups excluding carboxylic acids is 1. The van der Waals surface area contributed by atoms with Crippen LogP contribution in [0.25, 0.3) is 0 Å². The number of nitrogens with zero attached hydrogens (tertiary/aromatic N) is 2. The van der Waals surface area contributed by atoms with E-state index in [4.69, 9.17) is 0 Å². The summed E-state index contributed by atoms with van der Waals surface area (Å²) >= 11 is 0. The van der Waals surface area contributed by atoms with E-state index in [1.165, 1.54) is 25.0 Å². The number of non-ortho nitro benzene ring substituents is 1. The highest BCUT2D eigenvalue weighted by Crippen LogP contribution is 2.27. The molecular formula is C16H24ClN3O3. The molecule has 1 amide bonds. The highest BCUT2D eigenvalue weighted by atomic mass is 35.5. The molecule has 0 aliphatic heterocycles. The zero-order valence-corrected chi connectivity index (χ0v) is 14.3. The van der Waals surface area contributed by atoms with Gasteiger partial charge in [-0.25, -0.2) is 0 Å². The van der Waals surface area contributed by atoms with E-state index in [0.717, 1.165) is 18.0 Å². The molecule has 1 aromatic carbocycles.